The van der Waals surface area contributed by atoms with Crippen LogP contribution in [0.25, 0.3) is 0 Å². The first-order valence-corrected chi connectivity index (χ1v) is 8.95. The van der Waals surface area contributed by atoms with Crippen LogP contribution in [0.2, 0.25) is 5.02 Å². The van der Waals surface area contributed by atoms with Gasteiger partial charge < -0.3 is 5.32 Å². The summed E-state index contributed by atoms with van der Waals surface area (Å²) in [7, 11) is 0. The van der Waals surface area contributed by atoms with Gasteiger partial charge in [-0.25, -0.2) is 0 Å². The Morgan fingerprint density at radius 2 is 2.12 bits per heavy atom. The number of hydrogen-bond acceptors (Lipinski definition) is 3. The first kappa shape index (κ1) is 18.2. The van der Waals surface area contributed by atoms with Crippen LogP contribution in [0.5, 0.6) is 0 Å². The molecule has 26 heavy (non-hydrogen) atoms. The van der Waals surface area contributed by atoms with Crippen molar-refractivity contribution in [3.8, 4) is 0 Å². The molecule has 0 aliphatic rings. The van der Waals surface area contributed by atoms with Gasteiger partial charge in [0, 0.05) is 30.5 Å². The molecule has 1 amide bonds. The van der Waals surface area contributed by atoms with Gasteiger partial charge in [0.1, 0.15) is 0 Å². The summed E-state index contributed by atoms with van der Waals surface area (Å²) in [6, 6.07) is 9.70. The molecule has 0 atom stereocenters. The Balaban J connectivity index is 1.53. The Bertz CT molecular complexity index is 899. The van der Waals surface area contributed by atoms with E-state index in [1.54, 1.807) is 17.1 Å². The molecule has 3 aromatic rings. The maximum absolute atomic E-state index is 12.4. The summed E-state index contributed by atoms with van der Waals surface area (Å²) in [6.45, 7) is 5.96. The molecule has 0 radical (unpaired) electrons. The van der Waals surface area contributed by atoms with Crippen molar-refractivity contribution in [1.82, 2.24) is 24.9 Å². The molecule has 0 spiro atoms. The van der Waals surface area contributed by atoms with Gasteiger partial charge in [-0.15, -0.1) is 0 Å². The third kappa shape index (κ3) is 4.73. The van der Waals surface area contributed by atoms with Crippen LogP contribution in [0, 0.1) is 13.8 Å². The highest BCUT2D eigenvalue weighted by molar-refractivity contribution is 6.30. The maximum atomic E-state index is 12.4. The maximum Gasteiger partial charge on any atom is 0.251 e. The fourth-order valence-electron chi connectivity index (χ4n) is 2.82. The summed E-state index contributed by atoms with van der Waals surface area (Å²) >= 11 is 5.83. The highest BCUT2D eigenvalue weighted by atomic mass is 35.5. The number of amides is 1. The van der Waals surface area contributed by atoms with Gasteiger partial charge in [0.05, 0.1) is 23.5 Å². The summed E-state index contributed by atoms with van der Waals surface area (Å²) in [5.41, 5.74) is 3.81. The molecule has 2 heterocycles. The van der Waals surface area contributed by atoms with Crippen molar-refractivity contribution >= 4 is 17.5 Å². The van der Waals surface area contributed by atoms with E-state index in [1.807, 2.05) is 48.9 Å². The van der Waals surface area contributed by atoms with Gasteiger partial charge in [0.15, 0.2) is 0 Å². The Morgan fingerprint density at radius 1 is 1.27 bits per heavy atom. The van der Waals surface area contributed by atoms with E-state index in [1.165, 1.54) is 0 Å². The number of carbonyl (C=O) groups is 1. The molecule has 0 fully saturated rings. The molecule has 0 saturated heterocycles. The average Bonchev–Trinajstić information content (AvgIpc) is 3.16. The lowest BCUT2D eigenvalue weighted by molar-refractivity contribution is 0.0952. The summed E-state index contributed by atoms with van der Waals surface area (Å²) in [6.07, 6.45) is 4.16. The summed E-state index contributed by atoms with van der Waals surface area (Å²) < 4.78 is 3.71. The molecule has 136 valence electrons. The number of halogens is 1. The van der Waals surface area contributed by atoms with E-state index in [0.717, 1.165) is 23.4 Å². The van der Waals surface area contributed by atoms with E-state index in [9.17, 15) is 4.79 Å². The topological polar surface area (TPSA) is 64.7 Å². The van der Waals surface area contributed by atoms with Crippen molar-refractivity contribution in [3.05, 3.63) is 70.3 Å². The molecular weight excluding hydrogens is 350 g/mol. The number of hydrogen-bond donors (Lipinski definition) is 1. The molecule has 0 saturated carbocycles. The van der Waals surface area contributed by atoms with Gasteiger partial charge in [0.2, 0.25) is 0 Å². The Morgan fingerprint density at radius 3 is 2.81 bits per heavy atom. The fraction of sp³-hybridized carbons (Fsp3) is 0.316. The zero-order valence-corrected chi connectivity index (χ0v) is 15.7. The smallest absolute Gasteiger partial charge is 0.251 e. The van der Waals surface area contributed by atoms with Crippen LogP contribution in [-0.4, -0.2) is 32.0 Å². The Kier molecular flexibility index (Phi) is 5.73. The minimum atomic E-state index is -0.0706. The van der Waals surface area contributed by atoms with Gasteiger partial charge in [-0.1, -0.05) is 23.7 Å². The molecule has 3 rings (SSSR count). The second-order valence-corrected chi connectivity index (χ2v) is 6.75. The first-order valence-electron chi connectivity index (χ1n) is 8.57. The zero-order valence-electron chi connectivity index (χ0n) is 14.9. The second kappa shape index (κ2) is 8.19. The minimum absolute atomic E-state index is 0.0706. The normalized spacial score (nSPS) is 10.9. The van der Waals surface area contributed by atoms with Crippen molar-refractivity contribution in [2.24, 2.45) is 0 Å². The van der Waals surface area contributed by atoms with Crippen LogP contribution in [0.4, 0.5) is 0 Å². The van der Waals surface area contributed by atoms with Crippen molar-refractivity contribution in [2.75, 3.05) is 6.54 Å². The van der Waals surface area contributed by atoms with Crippen molar-refractivity contribution in [2.45, 2.75) is 33.4 Å². The van der Waals surface area contributed by atoms with Crippen molar-refractivity contribution in [1.29, 1.82) is 0 Å². The largest absolute Gasteiger partial charge is 0.352 e. The number of nitrogens with zero attached hydrogens (tertiary/aromatic N) is 4. The van der Waals surface area contributed by atoms with Crippen molar-refractivity contribution < 1.29 is 4.79 Å². The average molecular weight is 372 g/mol. The van der Waals surface area contributed by atoms with Gasteiger partial charge >= 0.3 is 0 Å². The van der Waals surface area contributed by atoms with E-state index in [4.69, 9.17) is 11.6 Å². The predicted octanol–water partition coefficient (Wildman–Crippen LogP) is 3.22. The van der Waals surface area contributed by atoms with E-state index < -0.39 is 0 Å². The summed E-state index contributed by atoms with van der Waals surface area (Å²) in [5, 5.41) is 12.2. The second-order valence-electron chi connectivity index (χ2n) is 6.32. The van der Waals surface area contributed by atoms with E-state index in [2.05, 4.69) is 15.5 Å². The minimum Gasteiger partial charge on any atom is -0.352 e. The molecule has 2 aromatic heterocycles. The molecule has 0 bridgehead atoms. The molecule has 1 aromatic carbocycles. The highest BCUT2D eigenvalue weighted by Gasteiger charge is 2.08. The number of carbonyl (C=O) groups excluding carboxylic acids is 1. The molecule has 0 aliphatic heterocycles. The van der Waals surface area contributed by atoms with Crippen molar-refractivity contribution in [3.63, 3.8) is 0 Å². The lowest BCUT2D eigenvalue weighted by Gasteiger charge is -2.08. The third-order valence-electron chi connectivity index (χ3n) is 4.08. The molecule has 6 nitrogen and oxygen atoms in total. The summed E-state index contributed by atoms with van der Waals surface area (Å²) in [5.74, 6) is -0.0706. The molecule has 0 aliphatic carbocycles. The van der Waals surface area contributed by atoms with Crippen LogP contribution in [-0.2, 0) is 13.1 Å². The number of nitrogens with one attached hydrogen (secondary N) is 1. The van der Waals surface area contributed by atoms with E-state index >= 15 is 0 Å². The number of aromatic nitrogens is 4. The van der Waals surface area contributed by atoms with Crippen LogP contribution >= 0.6 is 11.6 Å². The Hall–Kier alpha value is -2.60. The number of rotatable bonds is 7. The van der Waals surface area contributed by atoms with E-state index in [0.29, 0.717) is 30.2 Å². The predicted molar refractivity (Wildman–Crippen MR) is 101 cm³/mol. The third-order valence-corrected chi connectivity index (χ3v) is 4.27. The van der Waals surface area contributed by atoms with Gasteiger partial charge in [-0.05, 0) is 44.0 Å². The lowest BCUT2D eigenvalue weighted by Crippen LogP contribution is -2.25. The quantitative estimate of drug-likeness (QED) is 0.648. The standard InChI is InChI=1S/C19H22ClN5O/c1-14-9-15(2)25(23-14)12-16-5-3-6-17(10-16)19(26)21-7-4-8-24-13-18(20)11-22-24/h3,5-6,9-11,13H,4,7-8,12H2,1-2H3,(H,21,26). The highest BCUT2D eigenvalue weighted by Crippen LogP contribution is 2.10. The van der Waals surface area contributed by atoms with Crippen LogP contribution < -0.4 is 5.32 Å². The number of benzene rings is 1. The SMILES string of the molecule is Cc1cc(C)n(Cc2cccc(C(=O)NCCCn3cc(Cl)cn3)c2)n1. The number of aryl methyl sites for hydroxylation is 3. The molecule has 7 heteroatoms. The molecule has 1 N–H and O–H groups in total. The van der Waals surface area contributed by atoms with Gasteiger partial charge in [-0.3, -0.25) is 14.2 Å². The Labute approximate surface area is 157 Å². The molecule has 0 unspecified atom stereocenters. The fourth-order valence-corrected chi connectivity index (χ4v) is 2.98. The van der Waals surface area contributed by atoms with Gasteiger partial charge in [-0.2, -0.15) is 10.2 Å². The van der Waals surface area contributed by atoms with E-state index in [-0.39, 0.29) is 5.91 Å². The molecular formula is C19H22ClN5O. The van der Waals surface area contributed by atoms with Crippen LogP contribution in [0.3, 0.4) is 0 Å². The van der Waals surface area contributed by atoms with Crippen LogP contribution in [0.15, 0.2) is 42.7 Å². The lowest BCUT2D eigenvalue weighted by atomic mass is 10.1. The summed E-state index contributed by atoms with van der Waals surface area (Å²) in [4.78, 5) is 12.4. The van der Waals surface area contributed by atoms with Crippen LogP contribution in [0.1, 0.15) is 33.7 Å². The zero-order chi connectivity index (χ0) is 18.5. The monoisotopic (exact) mass is 371 g/mol. The first-order chi connectivity index (χ1) is 12.5. The van der Waals surface area contributed by atoms with Gasteiger partial charge in [0.25, 0.3) is 5.91 Å².